The van der Waals surface area contributed by atoms with Gasteiger partial charge < -0.3 is 20.3 Å². The van der Waals surface area contributed by atoms with Crippen molar-refractivity contribution < 1.29 is 19.7 Å². The molecule has 0 aliphatic carbocycles. The number of aliphatic hydroxyl groups is 2. The first-order chi connectivity index (χ1) is 8.95. The molecule has 0 radical (unpaired) electrons. The maximum absolute atomic E-state index is 10.7. The molecule has 0 bridgehead atoms. The summed E-state index contributed by atoms with van der Waals surface area (Å²) in [5, 5.41) is 22.5. The van der Waals surface area contributed by atoms with E-state index in [-0.39, 0.29) is 12.3 Å². The van der Waals surface area contributed by atoms with Crippen molar-refractivity contribution in [2.24, 2.45) is 0 Å². The zero-order valence-electron chi connectivity index (χ0n) is 11.4. The van der Waals surface area contributed by atoms with Gasteiger partial charge in [0.2, 0.25) is 11.8 Å². The number of amides is 1. The summed E-state index contributed by atoms with van der Waals surface area (Å²) < 4.78 is 4.98. The number of carbonyl (C=O) groups excluding carboxylic acids is 1. The molecule has 2 atom stereocenters. The molecule has 1 aromatic rings. The number of ether oxygens (including phenoxy) is 1. The van der Waals surface area contributed by atoms with Crippen molar-refractivity contribution in [1.82, 2.24) is 10.3 Å². The second-order valence-corrected chi connectivity index (χ2v) is 4.37. The summed E-state index contributed by atoms with van der Waals surface area (Å²) in [6.07, 6.45) is -0.236. The smallest absolute Gasteiger partial charge is 0.216 e. The first-order valence-electron chi connectivity index (χ1n) is 6.06. The van der Waals surface area contributed by atoms with Crippen LogP contribution in [0.25, 0.3) is 0 Å². The third-order valence-corrected chi connectivity index (χ3v) is 2.83. The van der Waals surface area contributed by atoms with Crippen molar-refractivity contribution in [2.75, 3.05) is 13.7 Å². The van der Waals surface area contributed by atoms with Gasteiger partial charge in [0, 0.05) is 31.3 Å². The molecular weight excluding hydrogens is 248 g/mol. The van der Waals surface area contributed by atoms with Crippen LogP contribution in [-0.2, 0) is 4.79 Å². The Morgan fingerprint density at radius 2 is 2.21 bits per heavy atom. The van der Waals surface area contributed by atoms with Crippen LogP contribution in [0, 0.1) is 6.92 Å². The number of pyridine rings is 1. The van der Waals surface area contributed by atoms with E-state index in [0.29, 0.717) is 18.0 Å². The largest absolute Gasteiger partial charge is 0.481 e. The van der Waals surface area contributed by atoms with Crippen molar-refractivity contribution in [3.8, 4) is 5.88 Å². The van der Waals surface area contributed by atoms with Crippen LogP contribution in [0.15, 0.2) is 12.3 Å². The molecule has 3 N–H and O–H groups in total. The molecule has 6 heteroatoms. The van der Waals surface area contributed by atoms with Crippen molar-refractivity contribution in [3.05, 3.63) is 23.4 Å². The predicted octanol–water partition coefficient (Wildman–Crippen LogP) is 0.319. The highest BCUT2D eigenvalue weighted by atomic mass is 16.5. The van der Waals surface area contributed by atoms with Crippen LogP contribution in [0.5, 0.6) is 5.88 Å². The average Bonchev–Trinajstić information content (AvgIpc) is 2.37. The van der Waals surface area contributed by atoms with Gasteiger partial charge in [-0.15, -0.1) is 0 Å². The molecule has 19 heavy (non-hydrogen) atoms. The van der Waals surface area contributed by atoms with Crippen LogP contribution in [0.4, 0.5) is 0 Å². The lowest BCUT2D eigenvalue weighted by atomic mass is 10.00. The molecule has 0 saturated heterocycles. The number of aliphatic hydroxyl groups excluding tert-OH is 2. The van der Waals surface area contributed by atoms with Gasteiger partial charge in [0.1, 0.15) is 6.10 Å². The maximum Gasteiger partial charge on any atom is 0.216 e. The lowest BCUT2D eigenvalue weighted by Gasteiger charge is -2.19. The molecule has 1 aromatic heterocycles. The molecular formula is C13H20N2O4. The quantitative estimate of drug-likeness (QED) is 0.691. The van der Waals surface area contributed by atoms with Gasteiger partial charge in [0.15, 0.2) is 0 Å². The second-order valence-electron chi connectivity index (χ2n) is 4.37. The molecule has 2 unspecified atom stereocenters. The molecule has 0 fully saturated rings. The molecule has 0 aliphatic rings. The third kappa shape index (κ3) is 4.50. The Bertz CT molecular complexity index is 437. The van der Waals surface area contributed by atoms with Crippen LogP contribution in [0.2, 0.25) is 0 Å². The van der Waals surface area contributed by atoms with E-state index in [9.17, 15) is 15.0 Å². The van der Waals surface area contributed by atoms with Gasteiger partial charge in [-0.25, -0.2) is 4.98 Å². The number of carbonyl (C=O) groups is 1. The topological polar surface area (TPSA) is 91.7 Å². The van der Waals surface area contributed by atoms with Gasteiger partial charge in [0.05, 0.1) is 13.2 Å². The van der Waals surface area contributed by atoms with Crippen molar-refractivity contribution in [1.29, 1.82) is 0 Å². The lowest BCUT2D eigenvalue weighted by Crippen LogP contribution is -2.28. The van der Waals surface area contributed by atoms with Crippen LogP contribution in [0.3, 0.4) is 0 Å². The van der Waals surface area contributed by atoms with Crippen LogP contribution < -0.4 is 10.1 Å². The molecule has 6 nitrogen and oxygen atoms in total. The fourth-order valence-corrected chi connectivity index (χ4v) is 1.72. The minimum atomic E-state index is -1.04. The number of nitrogens with one attached hydrogen (secondary N) is 1. The zero-order chi connectivity index (χ0) is 14.4. The Kier molecular flexibility index (Phi) is 5.72. The van der Waals surface area contributed by atoms with E-state index < -0.39 is 12.2 Å². The minimum absolute atomic E-state index is 0.163. The van der Waals surface area contributed by atoms with Gasteiger partial charge >= 0.3 is 0 Å². The normalized spacial score (nSPS) is 13.7. The lowest BCUT2D eigenvalue weighted by molar-refractivity contribution is -0.119. The first kappa shape index (κ1) is 15.4. The summed E-state index contributed by atoms with van der Waals surface area (Å²) in [4.78, 5) is 14.7. The standard InChI is InChI=1S/C13H20N2O4/c1-8-6-12(19-3)15-7-10(8)13(18)11(17)4-5-14-9(2)16/h6-7,11,13,17-18H,4-5H2,1-3H3,(H,14,16). The summed E-state index contributed by atoms with van der Waals surface area (Å²) >= 11 is 0. The van der Waals surface area contributed by atoms with Crippen LogP contribution in [0.1, 0.15) is 30.6 Å². The summed E-state index contributed by atoms with van der Waals surface area (Å²) in [5.74, 6) is 0.296. The van der Waals surface area contributed by atoms with Crippen LogP contribution >= 0.6 is 0 Å². The number of aryl methyl sites for hydroxylation is 1. The number of methoxy groups -OCH3 is 1. The monoisotopic (exact) mass is 268 g/mol. The fourth-order valence-electron chi connectivity index (χ4n) is 1.72. The highest BCUT2D eigenvalue weighted by molar-refractivity contribution is 5.72. The van der Waals surface area contributed by atoms with Gasteiger partial charge in [-0.05, 0) is 18.9 Å². The zero-order valence-corrected chi connectivity index (χ0v) is 11.4. The van der Waals surface area contributed by atoms with Gasteiger partial charge in [-0.2, -0.15) is 0 Å². The summed E-state index contributed by atoms with van der Waals surface area (Å²) in [5.41, 5.74) is 1.34. The maximum atomic E-state index is 10.7. The SMILES string of the molecule is COc1cc(C)c(C(O)C(O)CCNC(C)=O)cn1. The Balaban J connectivity index is 2.65. The molecule has 0 saturated carbocycles. The molecule has 1 amide bonds. The number of hydrogen-bond donors (Lipinski definition) is 3. The predicted molar refractivity (Wildman–Crippen MR) is 69.8 cm³/mol. The molecule has 0 spiro atoms. The first-order valence-corrected chi connectivity index (χ1v) is 6.06. The van der Waals surface area contributed by atoms with Crippen molar-refractivity contribution >= 4 is 5.91 Å². The van der Waals surface area contributed by atoms with Gasteiger partial charge in [-0.1, -0.05) is 0 Å². The van der Waals surface area contributed by atoms with E-state index in [4.69, 9.17) is 4.74 Å². The second kappa shape index (κ2) is 7.06. The van der Waals surface area contributed by atoms with Gasteiger partial charge in [0.25, 0.3) is 0 Å². The average molecular weight is 268 g/mol. The Morgan fingerprint density at radius 3 is 2.74 bits per heavy atom. The molecule has 1 rings (SSSR count). The number of hydrogen-bond acceptors (Lipinski definition) is 5. The van der Waals surface area contributed by atoms with E-state index in [2.05, 4.69) is 10.3 Å². The van der Waals surface area contributed by atoms with E-state index in [0.717, 1.165) is 5.56 Å². The van der Waals surface area contributed by atoms with Gasteiger partial charge in [-0.3, -0.25) is 4.79 Å². The van der Waals surface area contributed by atoms with E-state index in [1.165, 1.54) is 20.2 Å². The van der Waals surface area contributed by atoms with Crippen molar-refractivity contribution in [3.63, 3.8) is 0 Å². The Hall–Kier alpha value is -1.66. The Labute approximate surface area is 112 Å². The van der Waals surface area contributed by atoms with Crippen molar-refractivity contribution in [2.45, 2.75) is 32.5 Å². The van der Waals surface area contributed by atoms with E-state index in [1.807, 2.05) is 6.92 Å². The number of nitrogens with zero attached hydrogens (tertiary/aromatic N) is 1. The van der Waals surface area contributed by atoms with Crippen LogP contribution in [-0.4, -0.2) is 40.9 Å². The fraction of sp³-hybridized carbons (Fsp3) is 0.538. The Morgan fingerprint density at radius 1 is 1.53 bits per heavy atom. The minimum Gasteiger partial charge on any atom is -0.481 e. The highest BCUT2D eigenvalue weighted by Crippen LogP contribution is 2.23. The highest BCUT2D eigenvalue weighted by Gasteiger charge is 2.20. The van der Waals surface area contributed by atoms with E-state index >= 15 is 0 Å². The number of rotatable bonds is 6. The molecule has 1 heterocycles. The summed E-state index contributed by atoms with van der Waals surface area (Å²) in [6, 6.07) is 1.69. The summed E-state index contributed by atoms with van der Waals surface area (Å²) in [7, 11) is 1.51. The molecule has 106 valence electrons. The molecule has 0 aliphatic heterocycles. The summed E-state index contributed by atoms with van der Waals surface area (Å²) in [6.45, 7) is 3.53. The number of aromatic nitrogens is 1. The van der Waals surface area contributed by atoms with E-state index in [1.54, 1.807) is 6.07 Å². The molecule has 0 aromatic carbocycles. The third-order valence-electron chi connectivity index (χ3n) is 2.83.